The van der Waals surface area contributed by atoms with Gasteiger partial charge < -0.3 is 0 Å². The number of fused-ring (bicyclic) bond motifs is 1. The van der Waals surface area contributed by atoms with Gasteiger partial charge in [0, 0.05) is 17.2 Å². The molecule has 126 valence electrons. The summed E-state index contributed by atoms with van der Waals surface area (Å²) in [4.78, 5) is 16.9. The smallest absolute Gasteiger partial charge is 0.250 e. The van der Waals surface area contributed by atoms with E-state index in [2.05, 4.69) is 10.1 Å². The molecule has 0 saturated carbocycles. The van der Waals surface area contributed by atoms with Crippen LogP contribution >= 0.6 is 35.0 Å². The molecule has 2 heterocycles. The van der Waals surface area contributed by atoms with E-state index < -0.39 is 0 Å². The molecule has 0 radical (unpaired) electrons. The van der Waals surface area contributed by atoms with Crippen LogP contribution in [0.15, 0.2) is 47.6 Å². The van der Waals surface area contributed by atoms with Crippen molar-refractivity contribution in [2.75, 3.05) is 0 Å². The Kier molecular flexibility index (Phi) is 4.27. The zero-order valence-electron chi connectivity index (χ0n) is 12.6. The topological polar surface area (TPSA) is 47.8 Å². The predicted octanol–water partition coefficient (Wildman–Crippen LogP) is 5.27. The SMILES string of the molecule is O=C1C[C@H](c2cccc(F)c2)Sc2nc(-c3ccc(Cl)c(Cl)c3)nn21. The van der Waals surface area contributed by atoms with Crippen LogP contribution in [0, 0.1) is 5.82 Å². The van der Waals surface area contributed by atoms with Gasteiger partial charge in [-0.1, -0.05) is 47.1 Å². The van der Waals surface area contributed by atoms with E-state index in [-0.39, 0.29) is 23.4 Å². The number of carbonyl (C=O) groups excluding carboxylic acids is 1. The van der Waals surface area contributed by atoms with Crippen molar-refractivity contribution in [1.82, 2.24) is 14.8 Å². The first-order chi connectivity index (χ1) is 12.0. The lowest BCUT2D eigenvalue weighted by atomic mass is 10.1. The van der Waals surface area contributed by atoms with Crippen molar-refractivity contribution in [3.05, 3.63) is 63.9 Å². The van der Waals surface area contributed by atoms with E-state index in [0.717, 1.165) is 5.56 Å². The van der Waals surface area contributed by atoms with Crippen molar-refractivity contribution in [2.24, 2.45) is 0 Å². The summed E-state index contributed by atoms with van der Waals surface area (Å²) < 4.78 is 14.8. The lowest BCUT2D eigenvalue weighted by molar-refractivity contribution is 0.0868. The van der Waals surface area contributed by atoms with Gasteiger partial charge in [0.25, 0.3) is 5.91 Å². The molecule has 0 amide bonds. The van der Waals surface area contributed by atoms with Crippen molar-refractivity contribution in [3.63, 3.8) is 0 Å². The number of nitrogens with zero attached hydrogens (tertiary/aromatic N) is 3. The third kappa shape index (κ3) is 3.17. The molecule has 25 heavy (non-hydrogen) atoms. The summed E-state index contributed by atoms with van der Waals surface area (Å²) in [6, 6.07) is 11.3. The van der Waals surface area contributed by atoms with E-state index in [9.17, 15) is 9.18 Å². The molecule has 1 aromatic heterocycles. The zero-order chi connectivity index (χ0) is 17.6. The fraction of sp³-hybridized carbons (Fsp3) is 0.118. The van der Waals surface area contributed by atoms with Crippen molar-refractivity contribution in [1.29, 1.82) is 0 Å². The number of halogens is 3. The molecule has 8 heteroatoms. The second-order valence-corrected chi connectivity index (χ2v) is 7.50. The third-order valence-corrected chi connectivity index (χ3v) is 5.76. The summed E-state index contributed by atoms with van der Waals surface area (Å²) in [5.74, 6) is -0.106. The number of carbonyl (C=O) groups is 1. The number of thioether (sulfide) groups is 1. The Morgan fingerprint density at radius 3 is 2.76 bits per heavy atom. The molecule has 0 fully saturated rings. The van der Waals surface area contributed by atoms with Gasteiger partial charge in [-0.05, 0) is 35.9 Å². The minimum Gasteiger partial charge on any atom is -0.272 e. The van der Waals surface area contributed by atoms with Gasteiger partial charge in [0.2, 0.25) is 0 Å². The minimum absolute atomic E-state index is 0.179. The Labute approximate surface area is 157 Å². The molecule has 0 saturated heterocycles. The van der Waals surface area contributed by atoms with E-state index in [1.807, 2.05) is 0 Å². The van der Waals surface area contributed by atoms with Crippen LogP contribution in [0.3, 0.4) is 0 Å². The molecule has 0 spiro atoms. The Morgan fingerprint density at radius 2 is 2.00 bits per heavy atom. The van der Waals surface area contributed by atoms with Gasteiger partial charge in [-0.15, -0.1) is 5.10 Å². The largest absolute Gasteiger partial charge is 0.272 e. The molecular weight excluding hydrogens is 384 g/mol. The fourth-order valence-electron chi connectivity index (χ4n) is 2.60. The highest BCUT2D eigenvalue weighted by atomic mass is 35.5. The van der Waals surface area contributed by atoms with Crippen LogP contribution in [0.2, 0.25) is 10.0 Å². The van der Waals surface area contributed by atoms with E-state index in [0.29, 0.717) is 26.6 Å². The number of rotatable bonds is 2. The van der Waals surface area contributed by atoms with Crippen LogP contribution in [-0.2, 0) is 0 Å². The summed E-state index contributed by atoms with van der Waals surface area (Å²) in [6.45, 7) is 0. The molecule has 0 bridgehead atoms. The summed E-state index contributed by atoms with van der Waals surface area (Å²) in [6.07, 6.45) is 0.227. The molecule has 0 N–H and O–H groups in total. The third-order valence-electron chi connectivity index (χ3n) is 3.82. The van der Waals surface area contributed by atoms with Gasteiger partial charge in [-0.3, -0.25) is 4.79 Å². The first-order valence-electron chi connectivity index (χ1n) is 7.39. The summed E-state index contributed by atoms with van der Waals surface area (Å²) in [5, 5.41) is 5.39. The molecule has 1 atom stereocenters. The number of hydrogen-bond donors (Lipinski definition) is 0. The maximum atomic E-state index is 13.5. The molecule has 3 aromatic rings. The van der Waals surface area contributed by atoms with Crippen LogP contribution in [0.4, 0.5) is 4.39 Å². The van der Waals surface area contributed by atoms with Crippen molar-refractivity contribution < 1.29 is 9.18 Å². The molecule has 4 rings (SSSR count). The van der Waals surface area contributed by atoms with E-state index in [1.54, 1.807) is 30.3 Å². The van der Waals surface area contributed by atoms with Gasteiger partial charge in [-0.25, -0.2) is 9.37 Å². The molecule has 0 aliphatic carbocycles. The first kappa shape index (κ1) is 16.6. The number of hydrogen-bond acceptors (Lipinski definition) is 4. The minimum atomic E-state index is -0.325. The van der Waals surface area contributed by atoms with Gasteiger partial charge in [-0.2, -0.15) is 4.68 Å². The molecule has 4 nitrogen and oxygen atoms in total. The van der Waals surface area contributed by atoms with E-state index in [4.69, 9.17) is 23.2 Å². The highest BCUT2D eigenvalue weighted by Gasteiger charge is 2.30. The van der Waals surface area contributed by atoms with Gasteiger partial charge in [0.05, 0.1) is 10.0 Å². The van der Waals surface area contributed by atoms with Crippen molar-refractivity contribution in [3.8, 4) is 11.4 Å². The highest BCUT2D eigenvalue weighted by Crippen LogP contribution is 2.41. The van der Waals surface area contributed by atoms with Crippen LogP contribution < -0.4 is 0 Å². The Bertz CT molecular complexity index is 992. The van der Waals surface area contributed by atoms with E-state index in [1.165, 1.54) is 28.6 Å². The van der Waals surface area contributed by atoms with Crippen LogP contribution in [0.1, 0.15) is 22.0 Å². The Balaban J connectivity index is 1.69. The second-order valence-electron chi connectivity index (χ2n) is 5.52. The van der Waals surface area contributed by atoms with Crippen molar-refractivity contribution in [2.45, 2.75) is 16.8 Å². The summed E-state index contributed by atoms with van der Waals surface area (Å²) >= 11 is 13.3. The van der Waals surface area contributed by atoms with E-state index >= 15 is 0 Å². The molecular formula is C17H10Cl2FN3OS. The van der Waals surface area contributed by atoms with Crippen LogP contribution in [0.5, 0.6) is 0 Å². The normalized spacial score (nSPS) is 16.8. The standard InChI is InChI=1S/C17H10Cl2FN3OS/c18-12-5-4-10(7-13(12)19)16-21-17-23(22-16)15(24)8-14(25-17)9-2-1-3-11(20)6-9/h1-7,14H,8H2/t14-/m1/s1. The lowest BCUT2D eigenvalue weighted by Gasteiger charge is -2.20. The molecule has 0 unspecified atom stereocenters. The number of aromatic nitrogens is 3. The zero-order valence-corrected chi connectivity index (χ0v) is 14.9. The maximum Gasteiger partial charge on any atom is 0.250 e. The average Bonchev–Trinajstić information content (AvgIpc) is 3.02. The number of benzene rings is 2. The highest BCUT2D eigenvalue weighted by molar-refractivity contribution is 7.99. The van der Waals surface area contributed by atoms with Gasteiger partial charge in [0.15, 0.2) is 11.0 Å². The van der Waals surface area contributed by atoms with Gasteiger partial charge >= 0.3 is 0 Å². The predicted molar refractivity (Wildman–Crippen MR) is 95.7 cm³/mol. The quantitative estimate of drug-likeness (QED) is 0.594. The fourth-order valence-corrected chi connectivity index (χ4v) is 4.04. The summed E-state index contributed by atoms with van der Waals surface area (Å²) in [7, 11) is 0. The van der Waals surface area contributed by atoms with Crippen LogP contribution in [-0.4, -0.2) is 20.7 Å². The second kappa shape index (κ2) is 6.44. The molecule has 2 aromatic carbocycles. The Morgan fingerprint density at radius 1 is 1.16 bits per heavy atom. The van der Waals surface area contributed by atoms with Gasteiger partial charge in [0.1, 0.15) is 5.82 Å². The van der Waals surface area contributed by atoms with Crippen molar-refractivity contribution >= 4 is 40.9 Å². The molecule has 1 aliphatic rings. The first-order valence-corrected chi connectivity index (χ1v) is 9.02. The van der Waals surface area contributed by atoms with Crippen LogP contribution in [0.25, 0.3) is 11.4 Å². The summed E-state index contributed by atoms with van der Waals surface area (Å²) in [5.41, 5.74) is 1.43. The molecule has 1 aliphatic heterocycles. The average molecular weight is 394 g/mol. The lowest BCUT2D eigenvalue weighted by Crippen LogP contribution is -2.21. The Hall–Kier alpha value is -1.89. The monoisotopic (exact) mass is 393 g/mol. The maximum absolute atomic E-state index is 13.5.